The molecule has 2 saturated carbocycles. The van der Waals surface area contributed by atoms with Crippen LogP contribution in [0.2, 0.25) is 0 Å². The van der Waals surface area contributed by atoms with Crippen LogP contribution in [0.4, 0.5) is 0 Å². The highest BCUT2D eigenvalue weighted by molar-refractivity contribution is 5.82. The molecule has 2 aliphatic rings. The van der Waals surface area contributed by atoms with Crippen molar-refractivity contribution in [2.45, 2.75) is 56.5 Å². The molecule has 0 unspecified atom stereocenters. The summed E-state index contributed by atoms with van der Waals surface area (Å²) < 4.78 is 5.09. The molecule has 0 saturated heterocycles. The SMILES string of the molecule is CO[C@H](C)[C@]1(O)C[C@@H]2C(=O)CCC[C@H]2[C@@H](O)[C@H]1O. The van der Waals surface area contributed by atoms with E-state index >= 15 is 0 Å². The molecule has 0 aliphatic heterocycles. The van der Waals surface area contributed by atoms with Gasteiger partial charge in [-0.05, 0) is 32.1 Å². The number of fused-ring (bicyclic) bond motifs is 1. The summed E-state index contributed by atoms with van der Waals surface area (Å²) in [7, 11) is 1.44. The summed E-state index contributed by atoms with van der Waals surface area (Å²) in [4.78, 5) is 11.9. The van der Waals surface area contributed by atoms with Gasteiger partial charge in [-0.3, -0.25) is 4.79 Å². The van der Waals surface area contributed by atoms with Crippen LogP contribution >= 0.6 is 0 Å². The molecule has 2 fully saturated rings. The zero-order valence-electron chi connectivity index (χ0n) is 10.9. The minimum Gasteiger partial charge on any atom is -0.390 e. The number of rotatable bonds is 2. The van der Waals surface area contributed by atoms with Crippen LogP contribution < -0.4 is 0 Å². The Hall–Kier alpha value is -0.490. The normalized spacial score (nSPS) is 46.6. The molecule has 0 bridgehead atoms. The monoisotopic (exact) mass is 258 g/mol. The number of aliphatic hydroxyl groups is 3. The van der Waals surface area contributed by atoms with E-state index in [-0.39, 0.29) is 24.0 Å². The second kappa shape index (κ2) is 4.89. The number of hydrogen-bond acceptors (Lipinski definition) is 5. The number of methoxy groups -OCH3 is 1. The minimum absolute atomic E-state index is 0.0823. The molecule has 5 nitrogen and oxygen atoms in total. The molecule has 104 valence electrons. The summed E-state index contributed by atoms with van der Waals surface area (Å²) in [5, 5.41) is 30.8. The summed E-state index contributed by atoms with van der Waals surface area (Å²) in [5.74, 6) is -0.510. The molecule has 6 atom stereocenters. The number of carbonyl (C=O) groups excluding carboxylic acids is 1. The third kappa shape index (κ3) is 1.99. The van der Waals surface area contributed by atoms with Gasteiger partial charge in [-0.25, -0.2) is 0 Å². The maximum Gasteiger partial charge on any atom is 0.136 e. The van der Waals surface area contributed by atoms with Crippen molar-refractivity contribution in [3.63, 3.8) is 0 Å². The van der Waals surface area contributed by atoms with Crippen molar-refractivity contribution < 1.29 is 24.9 Å². The molecule has 18 heavy (non-hydrogen) atoms. The van der Waals surface area contributed by atoms with Gasteiger partial charge in [-0.1, -0.05) is 0 Å². The fourth-order valence-corrected chi connectivity index (χ4v) is 3.42. The third-order valence-corrected chi connectivity index (χ3v) is 4.77. The second-order valence-electron chi connectivity index (χ2n) is 5.64. The van der Waals surface area contributed by atoms with Crippen molar-refractivity contribution in [2.75, 3.05) is 7.11 Å². The Labute approximate surface area is 107 Å². The van der Waals surface area contributed by atoms with E-state index in [0.29, 0.717) is 6.42 Å². The Balaban J connectivity index is 2.28. The van der Waals surface area contributed by atoms with Gasteiger partial charge in [0, 0.05) is 19.4 Å². The number of aliphatic hydroxyl groups excluding tert-OH is 2. The number of carbonyl (C=O) groups is 1. The molecular formula is C13H22O5. The number of ether oxygens (including phenoxy) is 1. The van der Waals surface area contributed by atoms with E-state index in [2.05, 4.69) is 0 Å². The van der Waals surface area contributed by atoms with Gasteiger partial charge >= 0.3 is 0 Å². The van der Waals surface area contributed by atoms with Crippen LogP contribution in [0.15, 0.2) is 0 Å². The van der Waals surface area contributed by atoms with Crippen molar-refractivity contribution in [1.29, 1.82) is 0 Å². The fourth-order valence-electron chi connectivity index (χ4n) is 3.42. The van der Waals surface area contributed by atoms with Gasteiger partial charge in [0.1, 0.15) is 17.5 Å². The number of Topliss-reactive ketones (excluding diaryl/α,β-unsaturated/α-hetero) is 1. The van der Waals surface area contributed by atoms with Crippen LogP contribution in [0.25, 0.3) is 0 Å². The number of hydrogen-bond donors (Lipinski definition) is 3. The van der Waals surface area contributed by atoms with Crippen molar-refractivity contribution in [1.82, 2.24) is 0 Å². The first kappa shape index (κ1) is 13.9. The molecule has 3 N–H and O–H groups in total. The van der Waals surface area contributed by atoms with Gasteiger partial charge in [0.15, 0.2) is 0 Å². The first-order valence-corrected chi connectivity index (χ1v) is 6.56. The molecule has 0 amide bonds. The summed E-state index contributed by atoms with van der Waals surface area (Å²) in [6.07, 6.45) is -0.799. The average Bonchev–Trinajstić information content (AvgIpc) is 2.36. The maximum absolute atomic E-state index is 11.9. The highest BCUT2D eigenvalue weighted by Crippen LogP contribution is 2.44. The van der Waals surface area contributed by atoms with Crippen LogP contribution in [0, 0.1) is 11.8 Å². The van der Waals surface area contributed by atoms with E-state index in [4.69, 9.17) is 4.74 Å². The highest BCUT2D eigenvalue weighted by Gasteiger charge is 2.56. The molecule has 0 radical (unpaired) electrons. The lowest BCUT2D eigenvalue weighted by Gasteiger charge is -2.50. The second-order valence-corrected chi connectivity index (χ2v) is 5.64. The highest BCUT2D eigenvalue weighted by atomic mass is 16.5. The average molecular weight is 258 g/mol. The van der Waals surface area contributed by atoms with E-state index < -0.39 is 23.9 Å². The Bertz CT molecular complexity index is 331. The molecular weight excluding hydrogens is 236 g/mol. The van der Waals surface area contributed by atoms with E-state index in [1.165, 1.54) is 7.11 Å². The topological polar surface area (TPSA) is 87.0 Å². The summed E-state index contributed by atoms with van der Waals surface area (Å²) in [5.41, 5.74) is -1.55. The first-order chi connectivity index (χ1) is 8.41. The van der Waals surface area contributed by atoms with Crippen molar-refractivity contribution in [3.05, 3.63) is 0 Å². The Morgan fingerprint density at radius 2 is 2.11 bits per heavy atom. The van der Waals surface area contributed by atoms with E-state index in [1.807, 2.05) is 0 Å². The molecule has 5 heteroatoms. The predicted octanol–water partition coefficient (Wildman–Crippen LogP) is -0.137. The van der Waals surface area contributed by atoms with Gasteiger partial charge in [-0.15, -0.1) is 0 Å². The predicted molar refractivity (Wildman–Crippen MR) is 63.9 cm³/mol. The van der Waals surface area contributed by atoms with Crippen molar-refractivity contribution in [3.8, 4) is 0 Å². The van der Waals surface area contributed by atoms with Crippen molar-refractivity contribution in [2.24, 2.45) is 11.8 Å². The molecule has 0 aromatic rings. The summed E-state index contributed by atoms with van der Waals surface area (Å²) in [6.45, 7) is 1.64. The van der Waals surface area contributed by atoms with E-state index in [9.17, 15) is 20.1 Å². The molecule has 2 aliphatic carbocycles. The van der Waals surface area contributed by atoms with Gasteiger partial charge < -0.3 is 20.1 Å². The standard InChI is InChI=1S/C13H22O5/c1-7(18-2)13(17)6-9-8(11(15)12(13)16)4-3-5-10(9)14/h7-9,11-12,15-17H,3-6H2,1-2H3/t7-,8-,9+,11-,12-,13-/m1/s1. The van der Waals surface area contributed by atoms with Gasteiger partial charge in [0.2, 0.25) is 0 Å². The Morgan fingerprint density at radius 1 is 1.44 bits per heavy atom. The summed E-state index contributed by atoms with van der Waals surface area (Å²) in [6, 6.07) is 0. The molecule has 0 aromatic heterocycles. The van der Waals surface area contributed by atoms with Crippen molar-refractivity contribution >= 4 is 5.78 Å². The lowest BCUT2D eigenvalue weighted by Crippen LogP contribution is -2.65. The zero-order valence-corrected chi connectivity index (χ0v) is 10.9. The maximum atomic E-state index is 11.9. The van der Waals surface area contributed by atoms with Crippen LogP contribution in [-0.4, -0.2) is 52.1 Å². The van der Waals surface area contributed by atoms with Gasteiger partial charge in [-0.2, -0.15) is 0 Å². The Kier molecular flexibility index (Phi) is 3.78. The Morgan fingerprint density at radius 3 is 2.72 bits per heavy atom. The fraction of sp³-hybridized carbons (Fsp3) is 0.923. The van der Waals surface area contributed by atoms with Crippen LogP contribution in [0.1, 0.15) is 32.6 Å². The summed E-state index contributed by atoms with van der Waals surface area (Å²) >= 11 is 0. The molecule has 2 rings (SSSR count). The third-order valence-electron chi connectivity index (χ3n) is 4.77. The van der Waals surface area contributed by atoms with Gasteiger partial charge in [0.05, 0.1) is 12.2 Å². The van der Waals surface area contributed by atoms with E-state index in [1.54, 1.807) is 6.92 Å². The lowest BCUT2D eigenvalue weighted by molar-refractivity contribution is -0.227. The molecule has 0 aromatic carbocycles. The largest absolute Gasteiger partial charge is 0.390 e. The van der Waals surface area contributed by atoms with Crippen LogP contribution in [0.5, 0.6) is 0 Å². The lowest BCUT2D eigenvalue weighted by atomic mass is 9.61. The first-order valence-electron chi connectivity index (χ1n) is 6.56. The van der Waals surface area contributed by atoms with E-state index in [0.717, 1.165) is 12.8 Å². The number of ketones is 1. The zero-order chi connectivity index (χ0) is 13.5. The van der Waals surface area contributed by atoms with Gasteiger partial charge in [0.25, 0.3) is 0 Å². The molecule has 0 heterocycles. The molecule has 0 spiro atoms. The minimum atomic E-state index is -1.55. The van der Waals surface area contributed by atoms with Crippen LogP contribution in [0.3, 0.4) is 0 Å². The smallest absolute Gasteiger partial charge is 0.136 e. The van der Waals surface area contributed by atoms with Crippen LogP contribution in [-0.2, 0) is 9.53 Å². The quantitative estimate of drug-likeness (QED) is 0.642.